The number of rotatable bonds is 8. The number of methoxy groups -OCH3 is 3. The Hall–Kier alpha value is -3.94. The number of carbonyl (C=O) groups excluding carboxylic acids is 2. The molecule has 1 N–H and O–H groups in total. The highest BCUT2D eigenvalue weighted by atomic mass is 16.5. The minimum atomic E-state index is -0.765. The molecule has 0 aromatic heterocycles. The number of hydrogen-bond donors (Lipinski definition) is 1. The molecule has 2 aromatic carbocycles. The van der Waals surface area contributed by atoms with Crippen LogP contribution in [0.5, 0.6) is 17.2 Å². The second-order valence-electron chi connectivity index (χ2n) is 6.31. The van der Waals surface area contributed by atoms with E-state index in [2.05, 4.69) is 5.32 Å². The van der Waals surface area contributed by atoms with Crippen molar-refractivity contribution in [2.45, 2.75) is 6.92 Å². The number of ketones is 1. The lowest BCUT2D eigenvalue weighted by atomic mass is 10.1. The van der Waals surface area contributed by atoms with Gasteiger partial charge in [-0.3, -0.25) is 4.79 Å². The predicted molar refractivity (Wildman–Crippen MR) is 114 cm³/mol. The lowest BCUT2D eigenvalue weighted by Gasteiger charge is -2.13. The molecular weight excluding hydrogens is 402 g/mol. The van der Waals surface area contributed by atoms with Crippen molar-refractivity contribution in [2.75, 3.05) is 33.3 Å². The van der Waals surface area contributed by atoms with Crippen LogP contribution in [0.25, 0.3) is 6.08 Å². The van der Waals surface area contributed by atoms with E-state index >= 15 is 0 Å². The highest BCUT2D eigenvalue weighted by Gasteiger charge is 2.37. The van der Waals surface area contributed by atoms with E-state index < -0.39 is 11.8 Å². The molecule has 0 unspecified atom stereocenters. The number of nitrogens with one attached hydrogen (secondary N) is 1. The Labute approximate surface area is 180 Å². The maximum absolute atomic E-state index is 13.0. The highest BCUT2D eigenvalue weighted by Crippen LogP contribution is 2.39. The van der Waals surface area contributed by atoms with E-state index in [1.165, 1.54) is 27.4 Å². The van der Waals surface area contributed by atoms with E-state index in [9.17, 15) is 9.59 Å². The largest absolute Gasteiger partial charge is 0.493 e. The van der Waals surface area contributed by atoms with Gasteiger partial charge in [0.2, 0.25) is 17.4 Å². The molecule has 1 aliphatic heterocycles. The number of ether oxygens (including phenoxy) is 5. The summed E-state index contributed by atoms with van der Waals surface area (Å²) in [7, 11) is 4.49. The van der Waals surface area contributed by atoms with Crippen molar-refractivity contribution in [2.24, 2.45) is 0 Å². The molecule has 2 aromatic rings. The van der Waals surface area contributed by atoms with Crippen LogP contribution in [0.3, 0.4) is 0 Å². The summed E-state index contributed by atoms with van der Waals surface area (Å²) in [6.45, 7) is 1.79. The summed E-state index contributed by atoms with van der Waals surface area (Å²) >= 11 is 0. The summed E-state index contributed by atoms with van der Waals surface area (Å²) in [5.41, 5.74) is 1.01. The third-order valence-electron chi connectivity index (χ3n) is 4.39. The summed E-state index contributed by atoms with van der Waals surface area (Å²) < 4.78 is 26.8. The first-order valence-corrected chi connectivity index (χ1v) is 9.50. The molecule has 0 saturated carbocycles. The molecule has 0 aliphatic carbocycles. The zero-order valence-electron chi connectivity index (χ0n) is 17.7. The average molecular weight is 425 g/mol. The molecule has 0 amide bonds. The van der Waals surface area contributed by atoms with E-state index in [1.807, 2.05) is 18.2 Å². The van der Waals surface area contributed by atoms with Crippen molar-refractivity contribution >= 4 is 23.5 Å². The topological polar surface area (TPSA) is 92.3 Å². The minimum Gasteiger partial charge on any atom is -0.493 e. The molecule has 31 heavy (non-hydrogen) atoms. The van der Waals surface area contributed by atoms with Gasteiger partial charge in [-0.15, -0.1) is 0 Å². The van der Waals surface area contributed by atoms with Crippen LogP contribution >= 0.6 is 0 Å². The SMILES string of the molecule is CCOC(=O)C1=C(Nc2ccccc2)O/C(=C\c2cc(OC)c(OC)c(OC)c2)C1=O. The number of allylic oxidation sites excluding steroid dienone is 1. The number of hydrogen-bond acceptors (Lipinski definition) is 8. The van der Waals surface area contributed by atoms with Gasteiger partial charge in [0.1, 0.15) is 0 Å². The first-order valence-electron chi connectivity index (χ1n) is 9.50. The van der Waals surface area contributed by atoms with Gasteiger partial charge in [0, 0.05) is 5.69 Å². The van der Waals surface area contributed by atoms with Crippen LogP contribution < -0.4 is 19.5 Å². The summed E-state index contributed by atoms with van der Waals surface area (Å²) in [5, 5.41) is 2.97. The van der Waals surface area contributed by atoms with Gasteiger partial charge in [0.25, 0.3) is 0 Å². The first-order chi connectivity index (χ1) is 15.0. The standard InChI is InChI=1S/C23H23NO7/c1-5-30-23(26)19-20(25)16(31-22(19)24-15-9-7-6-8-10-15)11-14-12-17(27-2)21(29-4)18(13-14)28-3/h6-13,24H,5H2,1-4H3/b16-11-. The van der Waals surface area contributed by atoms with Crippen molar-refractivity contribution < 1.29 is 33.3 Å². The zero-order valence-corrected chi connectivity index (χ0v) is 17.7. The maximum Gasteiger partial charge on any atom is 0.347 e. The van der Waals surface area contributed by atoms with Crippen LogP contribution in [0.4, 0.5) is 5.69 Å². The van der Waals surface area contributed by atoms with Gasteiger partial charge in [-0.2, -0.15) is 0 Å². The Morgan fingerprint density at radius 2 is 1.68 bits per heavy atom. The fourth-order valence-corrected chi connectivity index (χ4v) is 2.99. The smallest absolute Gasteiger partial charge is 0.347 e. The van der Waals surface area contributed by atoms with Crippen molar-refractivity contribution in [3.05, 3.63) is 65.2 Å². The Morgan fingerprint density at radius 3 is 2.23 bits per heavy atom. The third-order valence-corrected chi connectivity index (χ3v) is 4.39. The lowest BCUT2D eigenvalue weighted by Crippen LogP contribution is -2.16. The number of Topliss-reactive ketones (excluding diaryl/α,β-unsaturated/α-hetero) is 1. The van der Waals surface area contributed by atoms with Gasteiger partial charge in [-0.05, 0) is 42.8 Å². The van der Waals surface area contributed by atoms with Gasteiger partial charge in [-0.25, -0.2) is 4.79 Å². The predicted octanol–water partition coefficient (Wildman–Crippen LogP) is 3.54. The molecule has 0 fully saturated rings. The van der Waals surface area contributed by atoms with E-state index in [0.717, 1.165) is 0 Å². The van der Waals surface area contributed by atoms with E-state index in [0.29, 0.717) is 28.5 Å². The molecule has 0 radical (unpaired) electrons. The lowest BCUT2D eigenvalue weighted by molar-refractivity contribution is -0.139. The van der Waals surface area contributed by atoms with Crippen molar-refractivity contribution in [3.8, 4) is 17.2 Å². The van der Waals surface area contributed by atoms with E-state index in [-0.39, 0.29) is 23.8 Å². The van der Waals surface area contributed by atoms with Crippen molar-refractivity contribution in [1.29, 1.82) is 0 Å². The molecular formula is C23H23NO7. The fraction of sp³-hybridized carbons (Fsp3) is 0.217. The van der Waals surface area contributed by atoms with Crippen LogP contribution in [0.1, 0.15) is 12.5 Å². The quantitative estimate of drug-likeness (QED) is 0.390. The van der Waals surface area contributed by atoms with Crippen LogP contribution in [0.2, 0.25) is 0 Å². The van der Waals surface area contributed by atoms with Gasteiger partial charge in [0.15, 0.2) is 22.8 Å². The number of para-hydroxylation sites is 1. The Morgan fingerprint density at radius 1 is 1.03 bits per heavy atom. The number of benzene rings is 2. The molecule has 1 heterocycles. The Bertz CT molecular complexity index is 1020. The van der Waals surface area contributed by atoms with E-state index in [1.54, 1.807) is 31.2 Å². The third kappa shape index (κ3) is 4.63. The van der Waals surface area contributed by atoms with Gasteiger partial charge < -0.3 is 29.0 Å². The van der Waals surface area contributed by atoms with Crippen LogP contribution in [0, 0.1) is 0 Å². The monoisotopic (exact) mass is 425 g/mol. The molecule has 1 aliphatic rings. The minimum absolute atomic E-state index is 0.00772. The Balaban J connectivity index is 1.99. The number of carbonyl (C=O) groups is 2. The van der Waals surface area contributed by atoms with Crippen LogP contribution in [0.15, 0.2) is 59.7 Å². The van der Waals surface area contributed by atoms with Crippen molar-refractivity contribution in [3.63, 3.8) is 0 Å². The summed E-state index contributed by atoms with van der Waals surface area (Å²) in [4.78, 5) is 25.4. The first kappa shape index (κ1) is 21.8. The van der Waals surface area contributed by atoms with Crippen molar-refractivity contribution in [1.82, 2.24) is 0 Å². The molecule has 3 rings (SSSR count). The normalized spacial score (nSPS) is 14.3. The van der Waals surface area contributed by atoms with Crippen LogP contribution in [-0.4, -0.2) is 39.7 Å². The molecule has 0 atom stereocenters. The summed E-state index contributed by atoms with van der Waals surface area (Å²) in [6, 6.07) is 12.4. The molecule has 0 saturated heterocycles. The molecule has 8 nitrogen and oxygen atoms in total. The second-order valence-corrected chi connectivity index (χ2v) is 6.31. The number of esters is 1. The fourth-order valence-electron chi connectivity index (χ4n) is 2.99. The summed E-state index contributed by atoms with van der Waals surface area (Å²) in [5.74, 6) is -0.141. The van der Waals surface area contributed by atoms with E-state index in [4.69, 9.17) is 23.7 Å². The van der Waals surface area contributed by atoms with Gasteiger partial charge in [-0.1, -0.05) is 18.2 Å². The molecule has 8 heteroatoms. The highest BCUT2D eigenvalue weighted by molar-refractivity contribution is 6.26. The Kier molecular flexibility index (Phi) is 6.81. The molecule has 0 spiro atoms. The zero-order chi connectivity index (χ0) is 22.4. The maximum atomic E-state index is 13.0. The van der Waals surface area contributed by atoms with Gasteiger partial charge in [0.05, 0.1) is 27.9 Å². The summed E-state index contributed by atoms with van der Waals surface area (Å²) in [6.07, 6.45) is 1.49. The van der Waals surface area contributed by atoms with Gasteiger partial charge >= 0.3 is 5.97 Å². The second kappa shape index (κ2) is 9.71. The van der Waals surface area contributed by atoms with Crippen LogP contribution in [-0.2, 0) is 19.1 Å². The number of anilines is 1. The molecule has 0 bridgehead atoms. The average Bonchev–Trinajstić information content (AvgIpc) is 3.08. The molecule has 162 valence electrons.